The van der Waals surface area contributed by atoms with E-state index in [1.165, 1.54) is 10.8 Å². The number of rotatable bonds is 1. The lowest BCUT2D eigenvalue weighted by atomic mass is 10.3. The van der Waals surface area contributed by atoms with Crippen molar-refractivity contribution < 1.29 is 9.47 Å². The fraction of sp³-hybridized carbons (Fsp3) is 0.250. The number of benzene rings is 1. The number of ether oxygens (including phenoxy) is 2. The van der Waals surface area contributed by atoms with Gasteiger partial charge in [-0.1, -0.05) is 10.8 Å². The van der Waals surface area contributed by atoms with Crippen LogP contribution in [0.3, 0.4) is 0 Å². The Morgan fingerprint density at radius 3 is 2.67 bits per heavy atom. The van der Waals surface area contributed by atoms with Gasteiger partial charge in [0.2, 0.25) is 0 Å². The largest absolute Gasteiger partial charge is 0.486 e. The Kier molecular flexibility index (Phi) is 2.37. The molecule has 0 N–H and O–H groups in total. The third kappa shape index (κ3) is 1.49. The maximum absolute atomic E-state index is 5.39. The van der Waals surface area contributed by atoms with E-state index in [1.807, 2.05) is 18.2 Å². The Morgan fingerprint density at radius 2 is 1.92 bits per heavy atom. The van der Waals surface area contributed by atoms with Crippen molar-refractivity contribution >= 4 is 22.5 Å². The van der Waals surface area contributed by atoms with Gasteiger partial charge in [0.1, 0.15) is 13.2 Å². The summed E-state index contributed by atoms with van der Waals surface area (Å²) in [6, 6.07) is 5.81. The molecule has 0 aliphatic carbocycles. The van der Waals surface area contributed by atoms with E-state index in [0.29, 0.717) is 13.2 Å². The number of hydrogen-bond donors (Lipinski definition) is 1. The van der Waals surface area contributed by atoms with Crippen LogP contribution in [-0.2, 0) is 0 Å². The van der Waals surface area contributed by atoms with Gasteiger partial charge in [0.15, 0.2) is 11.5 Å². The molecule has 0 spiro atoms. The van der Waals surface area contributed by atoms with E-state index in [-0.39, 0.29) is 0 Å². The summed E-state index contributed by atoms with van der Waals surface area (Å²) >= 11 is 4.10. The highest BCUT2D eigenvalue weighted by molar-refractivity contribution is 8.68. The third-order valence-electron chi connectivity index (χ3n) is 1.62. The summed E-state index contributed by atoms with van der Waals surface area (Å²) in [7, 11) is 1.40. The second-order valence-electron chi connectivity index (χ2n) is 2.40. The molecule has 1 heterocycles. The molecule has 0 saturated heterocycles. The SMILES string of the molecule is SSc1ccc2c(c1)OCCO2. The minimum absolute atomic E-state index is 0.633. The Morgan fingerprint density at radius 1 is 1.17 bits per heavy atom. The Labute approximate surface area is 80.1 Å². The molecule has 4 heteroatoms. The second-order valence-corrected chi connectivity index (χ2v) is 3.60. The minimum Gasteiger partial charge on any atom is -0.486 e. The lowest BCUT2D eigenvalue weighted by Gasteiger charge is -2.18. The molecule has 64 valence electrons. The van der Waals surface area contributed by atoms with Gasteiger partial charge in [-0.15, -0.1) is 11.7 Å². The van der Waals surface area contributed by atoms with Gasteiger partial charge in [-0.2, -0.15) is 0 Å². The highest BCUT2D eigenvalue weighted by Crippen LogP contribution is 2.34. The van der Waals surface area contributed by atoms with Crippen molar-refractivity contribution in [2.45, 2.75) is 4.90 Å². The fourth-order valence-corrected chi connectivity index (χ4v) is 1.71. The number of fused-ring (bicyclic) bond motifs is 1. The van der Waals surface area contributed by atoms with Crippen LogP contribution in [0.1, 0.15) is 0 Å². The Bertz CT molecular complexity index is 288. The normalized spacial score (nSPS) is 14.4. The molecule has 0 fully saturated rings. The maximum atomic E-state index is 5.39. The highest BCUT2D eigenvalue weighted by Gasteiger charge is 2.10. The van der Waals surface area contributed by atoms with Gasteiger partial charge >= 0.3 is 0 Å². The molecule has 0 saturated carbocycles. The zero-order chi connectivity index (χ0) is 8.39. The lowest BCUT2D eigenvalue weighted by Crippen LogP contribution is -2.15. The van der Waals surface area contributed by atoms with Crippen molar-refractivity contribution in [1.29, 1.82) is 0 Å². The van der Waals surface area contributed by atoms with Crippen LogP contribution < -0.4 is 9.47 Å². The second kappa shape index (κ2) is 3.49. The molecule has 0 radical (unpaired) electrons. The summed E-state index contributed by atoms with van der Waals surface area (Å²) in [6.07, 6.45) is 0. The van der Waals surface area contributed by atoms with E-state index >= 15 is 0 Å². The average Bonchev–Trinajstić information content (AvgIpc) is 2.17. The van der Waals surface area contributed by atoms with E-state index < -0.39 is 0 Å². The van der Waals surface area contributed by atoms with Gasteiger partial charge in [0.05, 0.1) is 0 Å². The maximum Gasteiger partial charge on any atom is 0.162 e. The zero-order valence-electron chi connectivity index (χ0n) is 6.32. The molecule has 2 rings (SSSR count). The first-order valence-corrected chi connectivity index (χ1v) is 5.48. The van der Waals surface area contributed by atoms with Crippen molar-refractivity contribution in [2.24, 2.45) is 0 Å². The first-order chi connectivity index (χ1) is 5.90. The van der Waals surface area contributed by atoms with Crippen molar-refractivity contribution in [3.63, 3.8) is 0 Å². The highest BCUT2D eigenvalue weighted by atomic mass is 33.1. The summed E-state index contributed by atoms with van der Waals surface area (Å²) in [6.45, 7) is 1.27. The molecule has 0 aromatic heterocycles. The number of thiol groups is 1. The smallest absolute Gasteiger partial charge is 0.162 e. The summed E-state index contributed by atoms with van der Waals surface area (Å²) in [4.78, 5) is 1.07. The first-order valence-electron chi connectivity index (χ1n) is 3.61. The first kappa shape index (κ1) is 8.13. The van der Waals surface area contributed by atoms with Crippen LogP contribution in [0, 0.1) is 0 Å². The van der Waals surface area contributed by atoms with E-state index in [1.54, 1.807) is 0 Å². The molecule has 0 bridgehead atoms. The monoisotopic (exact) mass is 200 g/mol. The molecule has 0 unspecified atom stereocenters. The van der Waals surface area contributed by atoms with Crippen LogP contribution in [0.5, 0.6) is 11.5 Å². The van der Waals surface area contributed by atoms with Crippen molar-refractivity contribution in [2.75, 3.05) is 13.2 Å². The molecule has 0 atom stereocenters. The Hall–Kier alpha value is -0.480. The van der Waals surface area contributed by atoms with Gasteiger partial charge in [0, 0.05) is 4.90 Å². The predicted octanol–water partition coefficient (Wildman–Crippen LogP) is 2.39. The minimum atomic E-state index is 0.633. The van der Waals surface area contributed by atoms with Crippen LogP contribution >= 0.6 is 22.5 Å². The van der Waals surface area contributed by atoms with Crippen LogP contribution in [0.15, 0.2) is 23.1 Å². The topological polar surface area (TPSA) is 18.5 Å². The van der Waals surface area contributed by atoms with E-state index in [4.69, 9.17) is 9.47 Å². The Balaban J connectivity index is 2.36. The van der Waals surface area contributed by atoms with Gasteiger partial charge in [0.25, 0.3) is 0 Å². The van der Waals surface area contributed by atoms with Gasteiger partial charge in [-0.05, 0) is 18.2 Å². The molecule has 1 aromatic rings. The van der Waals surface area contributed by atoms with E-state index in [2.05, 4.69) is 11.7 Å². The summed E-state index contributed by atoms with van der Waals surface area (Å²) in [5.41, 5.74) is 0. The molecule has 2 nitrogen and oxygen atoms in total. The number of hydrogen-bond acceptors (Lipinski definition) is 4. The quantitative estimate of drug-likeness (QED) is 0.554. The van der Waals surface area contributed by atoms with Crippen LogP contribution in [0.2, 0.25) is 0 Å². The van der Waals surface area contributed by atoms with Crippen molar-refractivity contribution in [3.8, 4) is 11.5 Å². The summed E-state index contributed by atoms with van der Waals surface area (Å²) < 4.78 is 10.8. The van der Waals surface area contributed by atoms with Crippen LogP contribution in [-0.4, -0.2) is 13.2 Å². The predicted molar refractivity (Wildman–Crippen MR) is 52.3 cm³/mol. The molecule has 1 aromatic carbocycles. The molecule has 1 aliphatic rings. The van der Waals surface area contributed by atoms with Crippen molar-refractivity contribution in [3.05, 3.63) is 18.2 Å². The molecule has 12 heavy (non-hydrogen) atoms. The van der Waals surface area contributed by atoms with Gasteiger partial charge in [-0.25, -0.2) is 0 Å². The van der Waals surface area contributed by atoms with E-state index in [0.717, 1.165) is 16.4 Å². The fourth-order valence-electron chi connectivity index (χ4n) is 1.08. The third-order valence-corrected chi connectivity index (χ3v) is 2.72. The summed E-state index contributed by atoms with van der Waals surface area (Å²) in [5, 5.41) is 0. The molecular formula is C8H8O2S2. The molecular weight excluding hydrogens is 192 g/mol. The van der Waals surface area contributed by atoms with Gasteiger partial charge in [-0.3, -0.25) is 0 Å². The molecule has 1 aliphatic heterocycles. The molecule has 0 amide bonds. The summed E-state index contributed by atoms with van der Waals surface area (Å²) in [5.74, 6) is 1.65. The van der Waals surface area contributed by atoms with Crippen molar-refractivity contribution in [1.82, 2.24) is 0 Å². The van der Waals surface area contributed by atoms with Gasteiger partial charge < -0.3 is 9.47 Å². The lowest BCUT2D eigenvalue weighted by molar-refractivity contribution is 0.171. The van der Waals surface area contributed by atoms with Crippen LogP contribution in [0.25, 0.3) is 0 Å². The standard InChI is InChI=1S/C8H8O2S2/c11-12-6-1-2-7-8(5-6)10-4-3-9-7/h1-2,5,11H,3-4H2. The van der Waals surface area contributed by atoms with E-state index in [9.17, 15) is 0 Å². The average molecular weight is 200 g/mol. The zero-order valence-corrected chi connectivity index (χ0v) is 8.03. The van der Waals surface area contributed by atoms with Crippen LogP contribution in [0.4, 0.5) is 0 Å².